The summed E-state index contributed by atoms with van der Waals surface area (Å²) in [5.74, 6) is -0.636. The van der Waals surface area contributed by atoms with Gasteiger partial charge in [0.1, 0.15) is 11.8 Å². The minimum absolute atomic E-state index is 0. The quantitative estimate of drug-likeness (QED) is 0.625. The standard InChI is InChI=1S/C18H21N5O4.ClH/c1-27-10-14-9-23(22-21-14)8-13-6-15(17(25)16(13)24)20-18(26)12-4-2-11(7-19)3-5-12;/h2-5,9,13,15-17,24-25H,6,8,10H2,1H3,(H,20,26);1H/t13-,15-,16-,17+;/m1./s1. The van der Waals surface area contributed by atoms with Crippen molar-refractivity contribution >= 4 is 18.3 Å². The highest BCUT2D eigenvalue weighted by Crippen LogP contribution is 2.28. The average molecular weight is 408 g/mol. The van der Waals surface area contributed by atoms with Crippen LogP contribution >= 0.6 is 12.4 Å². The summed E-state index contributed by atoms with van der Waals surface area (Å²) in [5.41, 5.74) is 1.53. The predicted molar refractivity (Wildman–Crippen MR) is 101 cm³/mol. The van der Waals surface area contributed by atoms with Gasteiger partial charge in [0.15, 0.2) is 0 Å². The molecule has 0 radical (unpaired) electrons. The van der Waals surface area contributed by atoms with E-state index in [-0.39, 0.29) is 24.2 Å². The van der Waals surface area contributed by atoms with Crippen molar-refractivity contribution in [2.24, 2.45) is 5.92 Å². The van der Waals surface area contributed by atoms with Gasteiger partial charge in [0.2, 0.25) is 0 Å². The zero-order valence-electron chi connectivity index (χ0n) is 15.2. The molecule has 0 bridgehead atoms. The van der Waals surface area contributed by atoms with Gasteiger partial charge >= 0.3 is 0 Å². The Balaban J connectivity index is 0.00000280. The first-order valence-corrected chi connectivity index (χ1v) is 8.57. The summed E-state index contributed by atoms with van der Waals surface area (Å²) in [6.07, 6.45) is 0.0837. The van der Waals surface area contributed by atoms with Gasteiger partial charge in [-0.25, -0.2) is 0 Å². The van der Waals surface area contributed by atoms with Crippen LogP contribution in [0.2, 0.25) is 0 Å². The highest BCUT2D eigenvalue weighted by Gasteiger charge is 2.42. The molecule has 1 saturated carbocycles. The fourth-order valence-corrected chi connectivity index (χ4v) is 3.28. The van der Waals surface area contributed by atoms with E-state index in [9.17, 15) is 15.0 Å². The fourth-order valence-electron chi connectivity index (χ4n) is 3.28. The lowest BCUT2D eigenvalue weighted by molar-refractivity contribution is 0.00761. The van der Waals surface area contributed by atoms with Crippen molar-refractivity contribution in [2.75, 3.05) is 7.11 Å². The Kier molecular flexibility index (Phi) is 7.48. The lowest BCUT2D eigenvalue weighted by Gasteiger charge is -2.18. The molecule has 28 heavy (non-hydrogen) atoms. The molecule has 1 heterocycles. The van der Waals surface area contributed by atoms with E-state index in [0.29, 0.717) is 36.4 Å². The number of benzene rings is 1. The van der Waals surface area contributed by atoms with E-state index in [1.165, 1.54) is 0 Å². The van der Waals surface area contributed by atoms with Crippen molar-refractivity contribution < 1.29 is 19.7 Å². The van der Waals surface area contributed by atoms with Crippen molar-refractivity contribution in [3.8, 4) is 6.07 Å². The Morgan fingerprint density at radius 3 is 2.71 bits per heavy atom. The van der Waals surface area contributed by atoms with Gasteiger partial charge in [-0.3, -0.25) is 9.48 Å². The first-order chi connectivity index (χ1) is 13.0. The molecule has 9 nitrogen and oxygen atoms in total. The number of amides is 1. The summed E-state index contributed by atoms with van der Waals surface area (Å²) in [7, 11) is 1.57. The summed E-state index contributed by atoms with van der Waals surface area (Å²) in [4.78, 5) is 12.4. The zero-order chi connectivity index (χ0) is 19.4. The molecule has 0 unspecified atom stereocenters. The molecule has 150 valence electrons. The van der Waals surface area contributed by atoms with Crippen molar-refractivity contribution in [1.29, 1.82) is 5.26 Å². The molecule has 1 aliphatic rings. The van der Waals surface area contributed by atoms with Gasteiger partial charge in [0, 0.05) is 25.1 Å². The second-order valence-corrected chi connectivity index (χ2v) is 6.61. The summed E-state index contributed by atoms with van der Waals surface area (Å²) in [6, 6.07) is 7.63. The lowest BCUT2D eigenvalue weighted by Crippen LogP contribution is -2.43. The van der Waals surface area contributed by atoms with Crippen LogP contribution in [0, 0.1) is 17.2 Å². The number of nitrogens with zero attached hydrogens (tertiary/aromatic N) is 4. The highest BCUT2D eigenvalue weighted by atomic mass is 35.5. The number of aliphatic hydroxyl groups is 2. The van der Waals surface area contributed by atoms with Crippen LogP contribution in [0.25, 0.3) is 0 Å². The normalized spacial score (nSPS) is 23.6. The molecule has 1 aromatic heterocycles. The maximum atomic E-state index is 12.4. The number of aromatic nitrogens is 3. The summed E-state index contributed by atoms with van der Waals surface area (Å²) >= 11 is 0. The van der Waals surface area contributed by atoms with E-state index >= 15 is 0 Å². The van der Waals surface area contributed by atoms with Gasteiger partial charge in [-0.05, 0) is 30.7 Å². The molecule has 1 aliphatic carbocycles. The van der Waals surface area contributed by atoms with E-state index in [1.807, 2.05) is 6.07 Å². The zero-order valence-corrected chi connectivity index (χ0v) is 16.0. The van der Waals surface area contributed by atoms with Crippen LogP contribution in [0.5, 0.6) is 0 Å². The number of nitrogens with one attached hydrogen (secondary N) is 1. The molecule has 0 aliphatic heterocycles. The number of ether oxygens (including phenoxy) is 1. The average Bonchev–Trinajstić information content (AvgIpc) is 3.22. The second kappa shape index (κ2) is 9.61. The van der Waals surface area contributed by atoms with Gasteiger partial charge in [-0.1, -0.05) is 5.21 Å². The molecular weight excluding hydrogens is 386 g/mol. The second-order valence-electron chi connectivity index (χ2n) is 6.61. The number of methoxy groups -OCH3 is 1. The molecule has 3 rings (SSSR count). The maximum Gasteiger partial charge on any atom is 0.251 e. The minimum atomic E-state index is -1.07. The molecular formula is C18H22ClN5O4. The third-order valence-electron chi connectivity index (χ3n) is 4.69. The third kappa shape index (κ3) is 4.85. The van der Waals surface area contributed by atoms with Crippen molar-refractivity contribution in [2.45, 2.75) is 37.8 Å². The number of hydrogen-bond acceptors (Lipinski definition) is 7. The summed E-state index contributed by atoms with van der Waals surface area (Å²) in [6.45, 7) is 0.720. The lowest BCUT2D eigenvalue weighted by atomic mass is 10.1. The van der Waals surface area contributed by atoms with Gasteiger partial charge in [0.25, 0.3) is 5.91 Å². The Labute approximate surface area is 168 Å². The molecule has 1 aromatic carbocycles. The number of carbonyl (C=O) groups is 1. The highest BCUT2D eigenvalue weighted by molar-refractivity contribution is 5.94. The molecule has 2 aromatic rings. The molecule has 0 saturated heterocycles. The number of halogens is 1. The van der Waals surface area contributed by atoms with Crippen LogP contribution in [0.1, 0.15) is 28.0 Å². The Morgan fingerprint density at radius 1 is 1.36 bits per heavy atom. The largest absolute Gasteiger partial charge is 0.390 e. The van der Waals surface area contributed by atoms with Crippen molar-refractivity contribution in [3.63, 3.8) is 0 Å². The topological polar surface area (TPSA) is 133 Å². The van der Waals surface area contributed by atoms with Gasteiger partial charge in [-0.15, -0.1) is 17.5 Å². The molecule has 1 amide bonds. The Hall–Kier alpha value is -2.51. The Bertz CT molecular complexity index is 835. The molecule has 3 N–H and O–H groups in total. The Morgan fingerprint density at radius 2 is 2.07 bits per heavy atom. The summed E-state index contributed by atoms with van der Waals surface area (Å²) < 4.78 is 6.59. The number of carbonyl (C=O) groups excluding carboxylic acids is 1. The van der Waals surface area contributed by atoms with E-state index in [0.717, 1.165) is 0 Å². The smallest absolute Gasteiger partial charge is 0.251 e. The predicted octanol–water partition coefficient (Wildman–Crippen LogP) is 0.258. The minimum Gasteiger partial charge on any atom is -0.390 e. The molecule has 1 fully saturated rings. The van der Waals surface area contributed by atoms with Crippen LogP contribution < -0.4 is 5.32 Å². The van der Waals surface area contributed by atoms with Gasteiger partial charge < -0.3 is 20.3 Å². The number of aliphatic hydroxyl groups excluding tert-OH is 2. The molecule has 4 atom stereocenters. The van der Waals surface area contributed by atoms with Crippen LogP contribution in [-0.4, -0.2) is 56.5 Å². The van der Waals surface area contributed by atoms with Crippen LogP contribution in [0.4, 0.5) is 0 Å². The summed E-state index contributed by atoms with van der Waals surface area (Å²) in [5, 5.41) is 40.1. The first kappa shape index (κ1) is 21.8. The van der Waals surface area contributed by atoms with Crippen molar-refractivity contribution in [1.82, 2.24) is 20.3 Å². The number of rotatable bonds is 6. The number of nitriles is 1. The van der Waals surface area contributed by atoms with E-state index in [1.54, 1.807) is 42.3 Å². The van der Waals surface area contributed by atoms with E-state index in [4.69, 9.17) is 10.00 Å². The third-order valence-corrected chi connectivity index (χ3v) is 4.69. The molecule has 0 spiro atoms. The van der Waals surface area contributed by atoms with E-state index < -0.39 is 18.2 Å². The van der Waals surface area contributed by atoms with Crippen LogP contribution in [0.15, 0.2) is 30.5 Å². The fraction of sp³-hybridized carbons (Fsp3) is 0.444. The SMILES string of the molecule is COCc1cn(C[C@H]2C[C@@H](NC(=O)c3ccc(C#N)cc3)[C@H](O)[C@@H]2O)nn1.Cl. The van der Waals surface area contributed by atoms with Gasteiger partial charge in [0.05, 0.1) is 36.6 Å². The number of hydrogen-bond donors (Lipinski definition) is 3. The van der Waals surface area contributed by atoms with Crippen LogP contribution in [0.3, 0.4) is 0 Å². The monoisotopic (exact) mass is 407 g/mol. The van der Waals surface area contributed by atoms with Gasteiger partial charge in [-0.2, -0.15) is 5.26 Å². The van der Waals surface area contributed by atoms with Crippen molar-refractivity contribution in [3.05, 3.63) is 47.3 Å². The molecule has 10 heteroatoms. The maximum absolute atomic E-state index is 12.4. The van der Waals surface area contributed by atoms with Crippen LogP contribution in [-0.2, 0) is 17.9 Å². The van der Waals surface area contributed by atoms with E-state index in [2.05, 4.69) is 15.6 Å². The first-order valence-electron chi connectivity index (χ1n) is 8.57.